The fourth-order valence-electron chi connectivity index (χ4n) is 3.94. The van der Waals surface area contributed by atoms with Crippen molar-refractivity contribution in [3.05, 3.63) is 60.4 Å². The van der Waals surface area contributed by atoms with Crippen molar-refractivity contribution < 1.29 is 29.3 Å². The van der Waals surface area contributed by atoms with Crippen molar-refractivity contribution in [3.8, 4) is 5.75 Å². The lowest BCUT2D eigenvalue weighted by atomic mass is 9.97. The smallest absolute Gasteiger partial charge is 0.414 e. The average molecular weight is 483 g/mol. The number of amides is 2. The van der Waals surface area contributed by atoms with Gasteiger partial charge >= 0.3 is 18.0 Å². The molecule has 186 valence electrons. The van der Waals surface area contributed by atoms with Crippen molar-refractivity contribution in [1.82, 2.24) is 19.8 Å². The molecule has 10 heteroatoms. The number of piperidine rings is 1. The van der Waals surface area contributed by atoms with Crippen LogP contribution < -0.4 is 10.1 Å². The van der Waals surface area contributed by atoms with Gasteiger partial charge in [-0.05, 0) is 49.9 Å². The number of imidazole rings is 1. The number of rotatable bonds is 6. The van der Waals surface area contributed by atoms with Crippen LogP contribution in [0, 0.1) is 5.92 Å². The summed E-state index contributed by atoms with van der Waals surface area (Å²) in [5.41, 5.74) is 2.14. The normalized spacial score (nSPS) is 13.6. The van der Waals surface area contributed by atoms with Gasteiger partial charge in [0.1, 0.15) is 18.2 Å². The SMILES string of the molecule is CCNC(=O)N1CCC(Cn2c(COc3ccccc3)nc3ccccc32)CC1.O=C(O)C(=O)O. The quantitative estimate of drug-likeness (QED) is 0.459. The Morgan fingerprint density at radius 1 is 1.00 bits per heavy atom. The molecule has 2 amide bonds. The highest BCUT2D eigenvalue weighted by atomic mass is 16.5. The summed E-state index contributed by atoms with van der Waals surface area (Å²) in [6, 6.07) is 18.2. The number of fused-ring (bicyclic) bond motifs is 1. The van der Waals surface area contributed by atoms with Crippen LogP contribution in [0.3, 0.4) is 0 Å². The Balaban J connectivity index is 0.000000509. The second-order valence-electron chi connectivity index (χ2n) is 8.11. The molecule has 0 atom stereocenters. The lowest BCUT2D eigenvalue weighted by Gasteiger charge is -2.32. The van der Waals surface area contributed by atoms with Crippen LogP contribution in [0.25, 0.3) is 11.0 Å². The Morgan fingerprint density at radius 2 is 1.63 bits per heavy atom. The number of hydrogen-bond acceptors (Lipinski definition) is 5. The number of urea groups is 1. The van der Waals surface area contributed by atoms with E-state index in [1.54, 1.807) is 0 Å². The molecule has 1 aliphatic rings. The maximum Gasteiger partial charge on any atom is 0.414 e. The van der Waals surface area contributed by atoms with Gasteiger partial charge in [0.05, 0.1) is 11.0 Å². The first kappa shape index (κ1) is 25.5. The zero-order valence-electron chi connectivity index (χ0n) is 19.6. The third-order valence-electron chi connectivity index (χ3n) is 5.70. The molecular weight excluding hydrogens is 452 g/mol. The summed E-state index contributed by atoms with van der Waals surface area (Å²) in [4.78, 5) is 37.0. The van der Waals surface area contributed by atoms with Crippen molar-refractivity contribution in [2.75, 3.05) is 19.6 Å². The predicted octanol–water partition coefficient (Wildman–Crippen LogP) is 3.21. The number of para-hydroxylation sites is 3. The number of carbonyl (C=O) groups excluding carboxylic acids is 1. The van der Waals surface area contributed by atoms with Crippen LogP contribution in [0.5, 0.6) is 5.75 Å². The van der Waals surface area contributed by atoms with Crippen LogP contribution in [-0.4, -0.2) is 62.3 Å². The Labute approximate surface area is 203 Å². The molecular formula is C25H30N4O6. The monoisotopic (exact) mass is 482 g/mol. The standard InChI is InChI=1S/C23H28N4O2.C2H2O4/c1-2-24-23(28)26-14-12-18(13-15-26)16-27-21-11-7-6-10-20(21)25-22(27)17-29-19-8-4-3-5-9-19;3-1(4)2(5)6/h3-11,18H,2,12-17H2,1H3,(H,24,28);(H,3,4)(H,5,6). The minimum Gasteiger partial charge on any atom is -0.486 e. The van der Waals surface area contributed by atoms with E-state index >= 15 is 0 Å². The van der Waals surface area contributed by atoms with Crippen LogP contribution in [-0.2, 0) is 22.7 Å². The zero-order chi connectivity index (χ0) is 25.2. The molecule has 35 heavy (non-hydrogen) atoms. The molecule has 0 bridgehead atoms. The number of hydrogen-bond donors (Lipinski definition) is 3. The molecule has 2 heterocycles. The fourth-order valence-corrected chi connectivity index (χ4v) is 3.94. The molecule has 0 unspecified atom stereocenters. The van der Waals surface area contributed by atoms with E-state index in [9.17, 15) is 4.79 Å². The third kappa shape index (κ3) is 7.20. The lowest BCUT2D eigenvalue weighted by Crippen LogP contribution is -2.44. The molecule has 3 N–H and O–H groups in total. The topological polar surface area (TPSA) is 134 Å². The van der Waals surface area contributed by atoms with Gasteiger partial charge in [-0.25, -0.2) is 19.4 Å². The average Bonchev–Trinajstić information content (AvgIpc) is 3.21. The maximum atomic E-state index is 12.1. The highest BCUT2D eigenvalue weighted by Crippen LogP contribution is 2.24. The summed E-state index contributed by atoms with van der Waals surface area (Å²) in [6.07, 6.45) is 2.01. The van der Waals surface area contributed by atoms with Gasteiger partial charge in [-0.1, -0.05) is 30.3 Å². The van der Waals surface area contributed by atoms with Crippen molar-refractivity contribution >= 4 is 29.0 Å². The van der Waals surface area contributed by atoms with Gasteiger partial charge in [0.25, 0.3) is 0 Å². The summed E-state index contributed by atoms with van der Waals surface area (Å²) >= 11 is 0. The number of aliphatic carboxylic acids is 2. The number of carbonyl (C=O) groups is 3. The second kappa shape index (κ2) is 12.4. The largest absolute Gasteiger partial charge is 0.486 e. The molecule has 1 aromatic heterocycles. The molecule has 1 saturated heterocycles. The van der Waals surface area contributed by atoms with Crippen LogP contribution in [0.2, 0.25) is 0 Å². The van der Waals surface area contributed by atoms with Crippen LogP contribution in [0.4, 0.5) is 4.79 Å². The molecule has 0 radical (unpaired) electrons. The molecule has 4 rings (SSSR count). The van der Waals surface area contributed by atoms with E-state index < -0.39 is 11.9 Å². The summed E-state index contributed by atoms with van der Waals surface area (Å²) in [6.45, 7) is 5.57. The summed E-state index contributed by atoms with van der Waals surface area (Å²) in [7, 11) is 0. The van der Waals surface area contributed by atoms with Crippen molar-refractivity contribution in [1.29, 1.82) is 0 Å². The van der Waals surface area contributed by atoms with E-state index in [2.05, 4.69) is 28.1 Å². The van der Waals surface area contributed by atoms with E-state index in [-0.39, 0.29) is 6.03 Å². The van der Waals surface area contributed by atoms with Gasteiger partial charge in [-0.15, -0.1) is 0 Å². The highest BCUT2D eigenvalue weighted by Gasteiger charge is 2.24. The number of carboxylic acid groups (broad SMARTS) is 2. The molecule has 0 spiro atoms. The summed E-state index contributed by atoms with van der Waals surface area (Å²) < 4.78 is 8.28. The molecule has 2 aromatic carbocycles. The molecule has 3 aromatic rings. The lowest BCUT2D eigenvalue weighted by molar-refractivity contribution is -0.159. The number of carboxylic acids is 2. The maximum absolute atomic E-state index is 12.1. The van der Waals surface area contributed by atoms with Crippen LogP contribution in [0.1, 0.15) is 25.6 Å². The zero-order valence-corrected chi connectivity index (χ0v) is 19.6. The van der Waals surface area contributed by atoms with Gasteiger partial charge in [-0.3, -0.25) is 0 Å². The van der Waals surface area contributed by atoms with Gasteiger partial charge in [0, 0.05) is 26.2 Å². The Hall–Kier alpha value is -4.08. The summed E-state index contributed by atoms with van der Waals surface area (Å²) in [5, 5.41) is 17.7. The summed E-state index contributed by atoms with van der Waals surface area (Å²) in [5.74, 6) is -1.33. The van der Waals surface area contributed by atoms with Crippen molar-refractivity contribution in [2.45, 2.75) is 32.9 Å². The number of ether oxygens (including phenoxy) is 1. The van der Waals surface area contributed by atoms with E-state index in [0.29, 0.717) is 19.1 Å². The number of nitrogens with zero attached hydrogens (tertiary/aromatic N) is 3. The van der Waals surface area contributed by atoms with Crippen LogP contribution in [0.15, 0.2) is 54.6 Å². The van der Waals surface area contributed by atoms with Crippen molar-refractivity contribution in [2.24, 2.45) is 5.92 Å². The molecule has 10 nitrogen and oxygen atoms in total. The van der Waals surface area contributed by atoms with Gasteiger partial charge in [0.2, 0.25) is 0 Å². The predicted molar refractivity (Wildman–Crippen MR) is 129 cm³/mol. The van der Waals surface area contributed by atoms with E-state index in [0.717, 1.165) is 55.1 Å². The minimum atomic E-state index is -1.82. The van der Waals surface area contributed by atoms with E-state index in [4.69, 9.17) is 29.5 Å². The first-order valence-corrected chi connectivity index (χ1v) is 11.5. The minimum absolute atomic E-state index is 0.0518. The first-order chi connectivity index (χ1) is 16.9. The third-order valence-corrected chi connectivity index (χ3v) is 5.70. The molecule has 1 aliphatic heterocycles. The van der Waals surface area contributed by atoms with Gasteiger partial charge < -0.3 is 29.7 Å². The highest BCUT2D eigenvalue weighted by molar-refractivity contribution is 6.27. The Kier molecular flexibility index (Phi) is 9.05. The van der Waals surface area contributed by atoms with E-state index in [1.165, 1.54) is 0 Å². The first-order valence-electron chi connectivity index (χ1n) is 11.5. The van der Waals surface area contributed by atoms with Crippen molar-refractivity contribution in [3.63, 3.8) is 0 Å². The number of nitrogens with one attached hydrogen (secondary N) is 1. The van der Waals surface area contributed by atoms with Crippen LogP contribution >= 0.6 is 0 Å². The number of benzene rings is 2. The molecule has 0 saturated carbocycles. The molecule has 1 fully saturated rings. The van der Waals surface area contributed by atoms with E-state index in [1.807, 2.05) is 48.2 Å². The van der Waals surface area contributed by atoms with Gasteiger partial charge in [-0.2, -0.15) is 0 Å². The van der Waals surface area contributed by atoms with Gasteiger partial charge in [0.15, 0.2) is 0 Å². The number of aromatic nitrogens is 2. The Bertz CT molecular complexity index is 1130. The fraction of sp³-hybridized carbons (Fsp3) is 0.360. The number of likely N-dealkylation sites (tertiary alicyclic amines) is 1. The Morgan fingerprint density at radius 3 is 2.26 bits per heavy atom. The second-order valence-corrected chi connectivity index (χ2v) is 8.11. The molecule has 0 aliphatic carbocycles.